The van der Waals surface area contributed by atoms with Crippen LogP contribution in [0, 0.1) is 0 Å². The standard InChI is InChI=1S/C37H38N2O6/c1-42-32-23-28(24-33(25-32)43-2)26-38-36(41)37(20-9-13-27-11-5-3-6-12-27)34(29-14-7-4-8-15-29)45-35(39-37)30-16-18-31(19-17-30)44-22-10-21-40/h3-9,11-19,23-25,34,40H,10,20-22,26H2,1-2H3,(H,38,41)/b13-9+/t34-,37-/m1/s1. The number of hydrogen-bond acceptors (Lipinski definition) is 7. The van der Waals surface area contributed by atoms with E-state index in [4.69, 9.17) is 29.0 Å². The van der Waals surface area contributed by atoms with Crippen molar-refractivity contribution in [1.82, 2.24) is 5.32 Å². The molecule has 4 aromatic rings. The first-order valence-corrected chi connectivity index (χ1v) is 14.9. The fourth-order valence-corrected chi connectivity index (χ4v) is 5.19. The molecule has 0 spiro atoms. The summed E-state index contributed by atoms with van der Waals surface area (Å²) in [7, 11) is 3.19. The second kappa shape index (κ2) is 15.1. The molecule has 5 rings (SSSR count). The van der Waals surface area contributed by atoms with Crippen LogP contribution in [0.3, 0.4) is 0 Å². The molecule has 2 N–H and O–H groups in total. The summed E-state index contributed by atoms with van der Waals surface area (Å²) in [6, 6.07) is 32.6. The minimum atomic E-state index is -1.30. The number of carbonyl (C=O) groups is 1. The molecule has 0 fully saturated rings. The van der Waals surface area contributed by atoms with Gasteiger partial charge in [-0.3, -0.25) is 4.79 Å². The van der Waals surface area contributed by atoms with E-state index >= 15 is 0 Å². The molecule has 0 unspecified atom stereocenters. The van der Waals surface area contributed by atoms with Crippen molar-refractivity contribution in [2.75, 3.05) is 27.4 Å². The van der Waals surface area contributed by atoms with E-state index in [9.17, 15) is 4.79 Å². The lowest BCUT2D eigenvalue weighted by molar-refractivity contribution is -0.129. The number of nitrogens with zero attached hydrogens (tertiary/aromatic N) is 1. The number of nitrogens with one attached hydrogen (secondary N) is 1. The molecule has 0 saturated heterocycles. The molecular formula is C37H38N2O6. The predicted octanol–water partition coefficient (Wildman–Crippen LogP) is 6.14. The Hall–Kier alpha value is -5.08. The Morgan fingerprint density at radius 1 is 0.911 bits per heavy atom. The zero-order chi connectivity index (χ0) is 31.5. The van der Waals surface area contributed by atoms with E-state index in [0.717, 1.165) is 22.3 Å². The lowest BCUT2D eigenvalue weighted by Gasteiger charge is -2.30. The highest BCUT2D eigenvalue weighted by atomic mass is 16.5. The Morgan fingerprint density at radius 3 is 2.22 bits per heavy atom. The second-order valence-electron chi connectivity index (χ2n) is 10.6. The lowest BCUT2D eigenvalue weighted by Crippen LogP contribution is -2.47. The van der Waals surface area contributed by atoms with E-state index in [-0.39, 0.29) is 19.1 Å². The fraction of sp³-hybridized carbons (Fsp3) is 0.243. The van der Waals surface area contributed by atoms with Crippen LogP contribution in [0.2, 0.25) is 0 Å². The Balaban J connectivity index is 1.51. The van der Waals surface area contributed by atoms with Crippen LogP contribution in [0.5, 0.6) is 17.2 Å². The van der Waals surface area contributed by atoms with Crippen LogP contribution >= 0.6 is 0 Å². The fourth-order valence-electron chi connectivity index (χ4n) is 5.19. The van der Waals surface area contributed by atoms with Gasteiger partial charge in [0, 0.05) is 37.6 Å². The maximum Gasteiger partial charge on any atom is 0.252 e. The second-order valence-corrected chi connectivity index (χ2v) is 10.6. The maximum atomic E-state index is 14.4. The van der Waals surface area contributed by atoms with Crippen molar-refractivity contribution in [2.24, 2.45) is 4.99 Å². The van der Waals surface area contributed by atoms with Gasteiger partial charge in [-0.1, -0.05) is 72.8 Å². The average molecular weight is 607 g/mol. The maximum absolute atomic E-state index is 14.4. The molecule has 1 heterocycles. The minimum absolute atomic E-state index is 0.0673. The Bertz CT molecular complexity index is 1580. The first kappa shape index (κ1) is 31.3. The third-order valence-corrected chi connectivity index (χ3v) is 7.54. The summed E-state index contributed by atoms with van der Waals surface area (Å²) in [5.41, 5.74) is 2.11. The summed E-state index contributed by atoms with van der Waals surface area (Å²) >= 11 is 0. The zero-order valence-corrected chi connectivity index (χ0v) is 25.5. The van der Waals surface area contributed by atoms with Gasteiger partial charge in [0.2, 0.25) is 5.90 Å². The molecule has 8 nitrogen and oxygen atoms in total. The SMILES string of the molecule is COc1cc(CNC(=O)[C@]2(C/C=C/c3ccccc3)N=C(c3ccc(OCCCO)cc3)O[C@@H]2c2ccccc2)cc(OC)c1. The van der Waals surface area contributed by atoms with E-state index in [1.54, 1.807) is 20.3 Å². The van der Waals surface area contributed by atoms with Crippen LogP contribution in [-0.2, 0) is 16.1 Å². The van der Waals surface area contributed by atoms with Crippen molar-refractivity contribution in [3.63, 3.8) is 0 Å². The van der Waals surface area contributed by atoms with E-state index in [1.165, 1.54) is 0 Å². The largest absolute Gasteiger partial charge is 0.497 e. The highest BCUT2D eigenvalue weighted by molar-refractivity contribution is 6.01. The molecule has 0 bridgehead atoms. The molecule has 4 aromatic carbocycles. The number of aliphatic hydroxyl groups is 1. The van der Waals surface area contributed by atoms with Crippen molar-refractivity contribution < 1.29 is 28.8 Å². The van der Waals surface area contributed by atoms with Gasteiger partial charge in [-0.2, -0.15) is 0 Å². The van der Waals surface area contributed by atoms with Crippen LogP contribution in [0.1, 0.15) is 41.2 Å². The Labute approximate surface area is 264 Å². The Morgan fingerprint density at radius 2 is 1.58 bits per heavy atom. The van der Waals surface area contributed by atoms with Gasteiger partial charge >= 0.3 is 0 Å². The molecule has 1 aliphatic heterocycles. The molecule has 232 valence electrons. The molecule has 0 aliphatic carbocycles. The number of carbonyl (C=O) groups excluding carboxylic acids is 1. The van der Waals surface area contributed by atoms with Gasteiger partial charge < -0.3 is 29.4 Å². The number of aliphatic imine (C=N–C) groups is 1. The van der Waals surface area contributed by atoms with Crippen molar-refractivity contribution in [1.29, 1.82) is 0 Å². The minimum Gasteiger partial charge on any atom is -0.497 e. The van der Waals surface area contributed by atoms with Crippen LogP contribution < -0.4 is 19.5 Å². The number of hydrogen-bond donors (Lipinski definition) is 2. The molecule has 45 heavy (non-hydrogen) atoms. The number of methoxy groups -OCH3 is 2. The normalized spacial score (nSPS) is 17.4. The smallest absolute Gasteiger partial charge is 0.252 e. The van der Waals surface area contributed by atoms with Crippen molar-refractivity contribution in [2.45, 2.75) is 31.0 Å². The predicted molar refractivity (Wildman–Crippen MR) is 175 cm³/mol. The van der Waals surface area contributed by atoms with Crippen molar-refractivity contribution >= 4 is 17.9 Å². The molecule has 8 heteroatoms. The van der Waals surface area contributed by atoms with Crippen molar-refractivity contribution in [3.05, 3.63) is 131 Å². The van der Waals surface area contributed by atoms with Crippen LogP contribution in [0.25, 0.3) is 6.08 Å². The number of rotatable bonds is 14. The van der Waals surface area contributed by atoms with Gasteiger partial charge in [-0.05, 0) is 53.1 Å². The molecule has 0 aromatic heterocycles. The van der Waals surface area contributed by atoms with Crippen molar-refractivity contribution in [3.8, 4) is 17.2 Å². The summed E-state index contributed by atoms with van der Waals surface area (Å²) < 4.78 is 23.1. The molecule has 0 radical (unpaired) electrons. The quantitative estimate of drug-likeness (QED) is 0.167. The van der Waals surface area contributed by atoms with Gasteiger partial charge in [0.15, 0.2) is 11.6 Å². The molecule has 0 saturated carbocycles. The van der Waals surface area contributed by atoms with E-state index in [2.05, 4.69) is 5.32 Å². The number of ether oxygens (including phenoxy) is 4. The summed E-state index contributed by atoms with van der Waals surface area (Å²) in [4.78, 5) is 19.5. The summed E-state index contributed by atoms with van der Waals surface area (Å²) in [5, 5.41) is 12.2. The third-order valence-electron chi connectivity index (χ3n) is 7.54. The summed E-state index contributed by atoms with van der Waals surface area (Å²) in [6.45, 7) is 0.722. The van der Waals surface area contributed by atoms with Gasteiger partial charge in [0.05, 0.1) is 20.8 Å². The van der Waals surface area contributed by atoms with E-state index < -0.39 is 11.6 Å². The van der Waals surface area contributed by atoms with Crippen LogP contribution in [0.4, 0.5) is 0 Å². The van der Waals surface area contributed by atoms with E-state index in [0.29, 0.717) is 42.6 Å². The van der Waals surface area contributed by atoms with Gasteiger partial charge in [0.25, 0.3) is 5.91 Å². The Kier molecular flexibility index (Phi) is 10.5. The highest BCUT2D eigenvalue weighted by Gasteiger charge is 2.52. The van der Waals surface area contributed by atoms with Gasteiger partial charge in [-0.25, -0.2) is 4.99 Å². The van der Waals surface area contributed by atoms with Gasteiger partial charge in [-0.15, -0.1) is 0 Å². The average Bonchev–Trinajstić information content (AvgIpc) is 3.49. The number of amides is 1. The monoisotopic (exact) mass is 606 g/mol. The molecular weight excluding hydrogens is 568 g/mol. The highest BCUT2D eigenvalue weighted by Crippen LogP contribution is 2.43. The van der Waals surface area contributed by atoms with E-state index in [1.807, 2.05) is 109 Å². The molecule has 1 amide bonds. The number of aliphatic hydroxyl groups excluding tert-OH is 1. The molecule has 1 aliphatic rings. The summed E-state index contributed by atoms with van der Waals surface area (Å²) in [5.74, 6) is 2.05. The first-order chi connectivity index (χ1) is 22.0. The van der Waals surface area contributed by atoms with Gasteiger partial charge in [0.1, 0.15) is 17.2 Å². The van der Waals surface area contributed by atoms with Crippen LogP contribution in [0.15, 0.2) is 114 Å². The first-order valence-electron chi connectivity index (χ1n) is 14.9. The molecule has 2 atom stereocenters. The topological polar surface area (TPSA) is 98.6 Å². The van der Waals surface area contributed by atoms with Crippen LogP contribution in [-0.4, -0.2) is 49.9 Å². The number of benzene rings is 4. The lowest BCUT2D eigenvalue weighted by atomic mass is 9.84. The summed E-state index contributed by atoms with van der Waals surface area (Å²) in [6.07, 6.45) is 4.13. The zero-order valence-electron chi connectivity index (χ0n) is 25.5. The third kappa shape index (κ3) is 7.72.